The molecule has 0 bridgehead atoms. The van der Waals surface area contributed by atoms with Crippen LogP contribution in [0, 0.1) is 0 Å². The predicted octanol–water partition coefficient (Wildman–Crippen LogP) is 3.38. The number of anilines is 1. The number of ether oxygens (including phenoxy) is 1. The van der Waals surface area contributed by atoms with E-state index >= 15 is 0 Å². The maximum absolute atomic E-state index is 12.5. The smallest absolute Gasteiger partial charge is 0.374 e. The quantitative estimate of drug-likeness (QED) is 0.429. The lowest BCUT2D eigenvalue weighted by molar-refractivity contribution is -0.119. The van der Waals surface area contributed by atoms with Gasteiger partial charge in [-0.25, -0.2) is 9.48 Å². The van der Waals surface area contributed by atoms with Crippen molar-refractivity contribution in [3.8, 4) is 5.69 Å². The minimum absolute atomic E-state index is 0.0327. The van der Waals surface area contributed by atoms with Crippen LogP contribution in [0.3, 0.4) is 0 Å². The topological polar surface area (TPSA) is 104 Å². The Morgan fingerprint density at radius 1 is 1.12 bits per heavy atom. The molecule has 0 unspecified atom stereocenters. The summed E-state index contributed by atoms with van der Waals surface area (Å²) in [5.41, 5.74) is 1.79. The molecule has 32 heavy (non-hydrogen) atoms. The van der Waals surface area contributed by atoms with Crippen molar-refractivity contribution >= 4 is 17.7 Å². The van der Waals surface area contributed by atoms with Gasteiger partial charge in [0, 0.05) is 24.4 Å². The number of benzene rings is 1. The van der Waals surface area contributed by atoms with Crippen LogP contribution in [0.1, 0.15) is 40.8 Å². The van der Waals surface area contributed by atoms with E-state index in [0.29, 0.717) is 24.0 Å². The molecule has 4 aromatic rings. The first-order valence-electron chi connectivity index (χ1n) is 10.3. The van der Waals surface area contributed by atoms with Crippen molar-refractivity contribution in [3.05, 3.63) is 84.2 Å². The van der Waals surface area contributed by atoms with Crippen LogP contribution in [-0.4, -0.2) is 38.0 Å². The van der Waals surface area contributed by atoms with E-state index in [1.165, 1.54) is 6.07 Å². The van der Waals surface area contributed by atoms with Crippen LogP contribution in [-0.2, 0) is 16.1 Å². The van der Waals surface area contributed by atoms with E-state index in [1.54, 1.807) is 33.9 Å². The lowest BCUT2D eigenvalue weighted by Crippen LogP contribution is -2.22. The second-order valence-electron chi connectivity index (χ2n) is 7.57. The van der Waals surface area contributed by atoms with Crippen molar-refractivity contribution in [2.45, 2.75) is 25.3 Å². The first-order chi connectivity index (χ1) is 15.7. The molecule has 1 aliphatic rings. The van der Waals surface area contributed by atoms with Gasteiger partial charge < -0.3 is 14.5 Å². The molecule has 9 heteroatoms. The predicted molar refractivity (Wildman–Crippen MR) is 114 cm³/mol. The Labute approximate surface area is 183 Å². The lowest BCUT2D eigenvalue weighted by atomic mass is 10.3. The minimum atomic E-state index is -0.706. The summed E-state index contributed by atoms with van der Waals surface area (Å²) in [6.45, 7) is -0.0413. The number of rotatable bonds is 8. The van der Waals surface area contributed by atoms with Crippen LogP contribution in [0.15, 0.2) is 71.4 Å². The molecule has 1 aromatic carbocycles. The fourth-order valence-corrected chi connectivity index (χ4v) is 3.34. The molecule has 0 saturated heterocycles. The summed E-state index contributed by atoms with van der Waals surface area (Å²) < 4.78 is 14.0. The highest BCUT2D eigenvalue weighted by Gasteiger charge is 2.28. The molecular formula is C23H21N5O4. The second-order valence-corrected chi connectivity index (χ2v) is 7.57. The molecule has 0 aliphatic heterocycles. The number of carbonyl (C=O) groups is 2. The fraction of sp³-hybridized carbons (Fsp3) is 0.217. The van der Waals surface area contributed by atoms with E-state index < -0.39 is 18.5 Å². The number of esters is 1. The molecule has 3 heterocycles. The van der Waals surface area contributed by atoms with E-state index in [-0.39, 0.29) is 5.76 Å². The van der Waals surface area contributed by atoms with Gasteiger partial charge in [-0.2, -0.15) is 10.2 Å². The monoisotopic (exact) mass is 431 g/mol. The van der Waals surface area contributed by atoms with E-state index in [9.17, 15) is 9.59 Å². The first-order valence-corrected chi connectivity index (χ1v) is 10.3. The number of hydrogen-bond acceptors (Lipinski definition) is 6. The van der Waals surface area contributed by atoms with Gasteiger partial charge in [-0.15, -0.1) is 0 Å². The molecule has 3 aromatic heterocycles. The number of amides is 1. The Morgan fingerprint density at radius 2 is 1.97 bits per heavy atom. The van der Waals surface area contributed by atoms with Crippen molar-refractivity contribution in [3.63, 3.8) is 0 Å². The van der Waals surface area contributed by atoms with E-state index in [0.717, 1.165) is 24.2 Å². The molecule has 1 saturated carbocycles. The first kappa shape index (κ1) is 19.8. The summed E-state index contributed by atoms with van der Waals surface area (Å²) in [5, 5.41) is 11.5. The SMILES string of the molecule is O=C(COC(=O)c1ccc(Cn2cccn2)o1)Nc1cc(C2CC2)nn1-c1ccccc1. The molecule has 5 rings (SSSR count). The van der Waals surface area contributed by atoms with Gasteiger partial charge in [0.15, 0.2) is 6.61 Å². The Balaban J connectivity index is 1.21. The summed E-state index contributed by atoms with van der Waals surface area (Å²) in [6.07, 6.45) is 5.65. The van der Waals surface area contributed by atoms with Crippen LogP contribution < -0.4 is 5.32 Å². The van der Waals surface area contributed by atoms with E-state index in [2.05, 4.69) is 15.5 Å². The maximum Gasteiger partial charge on any atom is 0.374 e. The van der Waals surface area contributed by atoms with Crippen molar-refractivity contribution in [2.75, 3.05) is 11.9 Å². The summed E-state index contributed by atoms with van der Waals surface area (Å²) >= 11 is 0. The zero-order valence-electron chi connectivity index (χ0n) is 17.2. The van der Waals surface area contributed by atoms with Crippen molar-refractivity contribution in [1.29, 1.82) is 0 Å². The summed E-state index contributed by atoms with van der Waals surface area (Å²) in [7, 11) is 0. The Bertz CT molecular complexity index is 1220. The molecule has 0 spiro atoms. The summed E-state index contributed by atoms with van der Waals surface area (Å²) in [4.78, 5) is 24.7. The van der Waals surface area contributed by atoms with Gasteiger partial charge >= 0.3 is 5.97 Å². The summed E-state index contributed by atoms with van der Waals surface area (Å²) in [5.74, 6) is 0.403. The molecule has 1 aliphatic carbocycles. The highest BCUT2D eigenvalue weighted by atomic mass is 16.5. The van der Waals surface area contributed by atoms with Gasteiger partial charge in [0.1, 0.15) is 11.6 Å². The number of furan rings is 1. The van der Waals surface area contributed by atoms with Crippen LogP contribution in [0.2, 0.25) is 0 Å². The highest BCUT2D eigenvalue weighted by Crippen LogP contribution is 2.40. The molecule has 162 valence electrons. The Morgan fingerprint density at radius 3 is 2.72 bits per heavy atom. The Hall–Kier alpha value is -4.14. The zero-order chi connectivity index (χ0) is 21.9. The van der Waals surface area contributed by atoms with Gasteiger partial charge in [-0.1, -0.05) is 18.2 Å². The third-order valence-electron chi connectivity index (χ3n) is 5.07. The van der Waals surface area contributed by atoms with Crippen molar-refractivity contribution in [1.82, 2.24) is 19.6 Å². The average Bonchev–Trinajstić information content (AvgIpc) is 3.17. The number of carbonyl (C=O) groups excluding carboxylic acids is 2. The average molecular weight is 431 g/mol. The number of aromatic nitrogens is 4. The van der Waals surface area contributed by atoms with Crippen LogP contribution in [0.4, 0.5) is 5.82 Å². The molecule has 0 radical (unpaired) electrons. The molecular weight excluding hydrogens is 410 g/mol. The van der Waals surface area contributed by atoms with E-state index in [1.807, 2.05) is 36.4 Å². The minimum Gasteiger partial charge on any atom is -0.452 e. The van der Waals surface area contributed by atoms with E-state index in [4.69, 9.17) is 9.15 Å². The number of para-hydroxylation sites is 1. The Kier molecular flexibility index (Phi) is 5.29. The maximum atomic E-state index is 12.5. The molecule has 1 fully saturated rings. The zero-order valence-corrected chi connectivity index (χ0v) is 17.2. The van der Waals surface area contributed by atoms with Gasteiger partial charge in [0.2, 0.25) is 5.76 Å². The van der Waals surface area contributed by atoms with Gasteiger partial charge in [-0.3, -0.25) is 9.48 Å². The van der Waals surface area contributed by atoms with Crippen LogP contribution in [0.5, 0.6) is 0 Å². The van der Waals surface area contributed by atoms with Crippen LogP contribution >= 0.6 is 0 Å². The normalized spacial score (nSPS) is 13.1. The van der Waals surface area contributed by atoms with Crippen LogP contribution in [0.25, 0.3) is 5.69 Å². The fourth-order valence-electron chi connectivity index (χ4n) is 3.34. The third kappa shape index (κ3) is 4.46. The molecule has 0 atom stereocenters. The van der Waals surface area contributed by atoms with Gasteiger partial charge in [0.25, 0.3) is 5.91 Å². The van der Waals surface area contributed by atoms with Gasteiger partial charge in [-0.05, 0) is 43.2 Å². The second kappa shape index (κ2) is 8.54. The van der Waals surface area contributed by atoms with Crippen molar-refractivity contribution < 1.29 is 18.7 Å². The number of hydrogen-bond donors (Lipinski definition) is 1. The van der Waals surface area contributed by atoms with Gasteiger partial charge in [0.05, 0.1) is 17.9 Å². The largest absolute Gasteiger partial charge is 0.452 e. The molecule has 1 N–H and O–H groups in total. The third-order valence-corrected chi connectivity index (χ3v) is 5.07. The standard InChI is InChI=1S/C23H21N5O4/c29-22(15-31-23(30)20-10-9-18(32-20)14-27-12-4-11-24-27)25-21-13-19(16-7-8-16)26-28(21)17-5-2-1-3-6-17/h1-6,9-13,16H,7-8,14-15H2,(H,25,29). The lowest BCUT2D eigenvalue weighted by Gasteiger charge is -2.09. The number of nitrogens with one attached hydrogen (secondary N) is 1. The molecule has 9 nitrogen and oxygen atoms in total. The number of nitrogens with zero attached hydrogens (tertiary/aromatic N) is 4. The summed E-state index contributed by atoms with van der Waals surface area (Å²) in [6, 6.07) is 16.4. The van der Waals surface area contributed by atoms with Crippen molar-refractivity contribution in [2.24, 2.45) is 0 Å². The highest BCUT2D eigenvalue weighted by molar-refractivity contribution is 5.94. The molecule has 1 amide bonds.